The van der Waals surface area contributed by atoms with Gasteiger partial charge in [-0.1, -0.05) is 6.42 Å². The quantitative estimate of drug-likeness (QED) is 0.284. The van der Waals surface area contributed by atoms with Crippen molar-refractivity contribution in [2.75, 3.05) is 26.7 Å². The van der Waals surface area contributed by atoms with Crippen molar-refractivity contribution in [2.45, 2.75) is 38.2 Å². The lowest BCUT2D eigenvalue weighted by molar-refractivity contribution is -0.121. The Morgan fingerprint density at radius 2 is 2.31 bits per heavy atom. The molecule has 0 bridgehead atoms. The summed E-state index contributed by atoms with van der Waals surface area (Å²) in [7, 11) is 1.78. The van der Waals surface area contributed by atoms with Crippen molar-refractivity contribution in [1.29, 1.82) is 0 Å². The molecule has 1 aliphatic rings. The van der Waals surface area contributed by atoms with Gasteiger partial charge in [0.15, 0.2) is 0 Å². The van der Waals surface area contributed by atoms with E-state index in [4.69, 9.17) is 10.6 Å². The highest BCUT2D eigenvalue weighted by atomic mass is 16.5. The Hall–Kier alpha value is -0.650. The van der Waals surface area contributed by atoms with Gasteiger partial charge in [0, 0.05) is 26.6 Å². The molecule has 5 nitrogen and oxygen atoms in total. The van der Waals surface area contributed by atoms with Gasteiger partial charge >= 0.3 is 0 Å². The maximum absolute atomic E-state index is 10.8. The number of nitrogens with two attached hydrogens (primary N) is 1. The number of amides is 1. The van der Waals surface area contributed by atoms with Gasteiger partial charge in [-0.25, -0.2) is 5.84 Å². The highest BCUT2D eigenvalue weighted by molar-refractivity contribution is 5.74. The molecule has 94 valence electrons. The fourth-order valence-corrected chi connectivity index (χ4v) is 2.06. The van der Waals surface area contributed by atoms with Gasteiger partial charge < -0.3 is 9.64 Å². The average Bonchev–Trinajstić information content (AvgIpc) is 2.76. The Bertz CT molecular complexity index is 211. The summed E-state index contributed by atoms with van der Waals surface area (Å²) in [5.74, 6) is 4.93. The van der Waals surface area contributed by atoms with Gasteiger partial charge in [0.25, 0.3) is 0 Å². The first-order valence-corrected chi connectivity index (χ1v) is 6.01. The molecular weight excluding hydrogens is 206 g/mol. The van der Waals surface area contributed by atoms with Crippen molar-refractivity contribution in [1.82, 2.24) is 10.3 Å². The first-order valence-electron chi connectivity index (χ1n) is 6.01. The van der Waals surface area contributed by atoms with Crippen molar-refractivity contribution in [3.05, 3.63) is 0 Å². The molecule has 0 saturated carbocycles. The van der Waals surface area contributed by atoms with E-state index in [0.717, 1.165) is 45.3 Å². The van der Waals surface area contributed by atoms with Crippen LogP contribution < -0.4 is 11.3 Å². The first-order chi connectivity index (χ1) is 7.76. The number of carbonyl (C=O) groups excluding carboxylic acids is 1. The molecule has 3 N–H and O–H groups in total. The fraction of sp³-hybridized carbons (Fsp3) is 0.909. The molecule has 0 radical (unpaired) electrons. The topological polar surface area (TPSA) is 67.6 Å². The standard InChI is InChI=1S/C11H23N3O2/c1-16-10-6-8-14(9-10)7-4-2-3-5-11(15)13-12/h10H,2-9,12H2,1H3,(H,13,15). The summed E-state index contributed by atoms with van der Waals surface area (Å²) in [6, 6.07) is 0. The average molecular weight is 229 g/mol. The molecule has 1 saturated heterocycles. The van der Waals surface area contributed by atoms with E-state index in [2.05, 4.69) is 10.3 Å². The monoisotopic (exact) mass is 229 g/mol. The summed E-state index contributed by atoms with van der Waals surface area (Å²) in [5.41, 5.74) is 2.14. The zero-order chi connectivity index (χ0) is 11.8. The smallest absolute Gasteiger partial charge is 0.233 e. The van der Waals surface area contributed by atoms with Crippen LogP contribution in [0.4, 0.5) is 0 Å². The number of unbranched alkanes of at least 4 members (excludes halogenated alkanes) is 2. The van der Waals surface area contributed by atoms with Crippen LogP contribution in [-0.2, 0) is 9.53 Å². The van der Waals surface area contributed by atoms with Crippen LogP contribution in [-0.4, -0.2) is 43.7 Å². The van der Waals surface area contributed by atoms with Crippen molar-refractivity contribution in [3.8, 4) is 0 Å². The largest absolute Gasteiger partial charge is 0.380 e. The van der Waals surface area contributed by atoms with Crippen LogP contribution in [0, 0.1) is 0 Å². The molecule has 1 rings (SSSR count). The number of nitrogens with one attached hydrogen (secondary N) is 1. The van der Waals surface area contributed by atoms with Crippen LogP contribution in [0.2, 0.25) is 0 Å². The van der Waals surface area contributed by atoms with Gasteiger partial charge in [-0.05, 0) is 25.8 Å². The maximum Gasteiger partial charge on any atom is 0.233 e. The van der Waals surface area contributed by atoms with Crippen molar-refractivity contribution in [3.63, 3.8) is 0 Å². The van der Waals surface area contributed by atoms with E-state index in [-0.39, 0.29) is 5.91 Å². The number of hydrogen-bond acceptors (Lipinski definition) is 4. The van der Waals surface area contributed by atoms with Crippen LogP contribution in [0.25, 0.3) is 0 Å². The fourth-order valence-electron chi connectivity index (χ4n) is 2.06. The number of rotatable bonds is 7. The molecule has 0 aliphatic carbocycles. The van der Waals surface area contributed by atoms with Crippen LogP contribution >= 0.6 is 0 Å². The minimum absolute atomic E-state index is 0.0689. The summed E-state index contributed by atoms with van der Waals surface area (Å²) in [6.07, 6.45) is 5.26. The second kappa shape index (κ2) is 7.60. The molecule has 0 spiro atoms. The molecule has 1 atom stereocenters. The zero-order valence-electron chi connectivity index (χ0n) is 10.1. The SMILES string of the molecule is COC1CCN(CCCCCC(=O)NN)C1. The number of hydrogen-bond donors (Lipinski definition) is 2. The van der Waals surface area contributed by atoms with E-state index in [9.17, 15) is 4.79 Å². The zero-order valence-corrected chi connectivity index (χ0v) is 10.1. The van der Waals surface area contributed by atoms with E-state index >= 15 is 0 Å². The van der Waals surface area contributed by atoms with Crippen LogP contribution in [0.3, 0.4) is 0 Å². The highest BCUT2D eigenvalue weighted by Crippen LogP contribution is 2.12. The van der Waals surface area contributed by atoms with Crippen LogP contribution in [0.1, 0.15) is 32.1 Å². The molecule has 0 aromatic carbocycles. The molecule has 0 aromatic heterocycles. The number of carbonyl (C=O) groups is 1. The Balaban J connectivity index is 1.94. The summed E-state index contributed by atoms with van der Waals surface area (Å²) < 4.78 is 5.31. The third-order valence-corrected chi connectivity index (χ3v) is 3.10. The van der Waals surface area contributed by atoms with E-state index in [1.807, 2.05) is 0 Å². The molecule has 1 unspecified atom stereocenters. The lowest BCUT2D eigenvalue weighted by Gasteiger charge is -2.14. The number of ether oxygens (including phenoxy) is 1. The van der Waals surface area contributed by atoms with Gasteiger partial charge in [-0.2, -0.15) is 0 Å². The van der Waals surface area contributed by atoms with E-state index < -0.39 is 0 Å². The van der Waals surface area contributed by atoms with Crippen molar-refractivity contribution < 1.29 is 9.53 Å². The molecule has 5 heteroatoms. The number of methoxy groups -OCH3 is 1. The number of likely N-dealkylation sites (tertiary alicyclic amines) is 1. The first kappa shape index (κ1) is 13.4. The molecule has 1 aliphatic heterocycles. The number of nitrogens with zero attached hydrogens (tertiary/aromatic N) is 1. The van der Waals surface area contributed by atoms with Gasteiger partial charge in [0.05, 0.1) is 6.10 Å². The van der Waals surface area contributed by atoms with Crippen LogP contribution in [0.15, 0.2) is 0 Å². The predicted molar refractivity (Wildman–Crippen MR) is 62.7 cm³/mol. The van der Waals surface area contributed by atoms with Gasteiger partial charge in [-0.3, -0.25) is 10.2 Å². The Morgan fingerprint density at radius 1 is 1.50 bits per heavy atom. The minimum atomic E-state index is -0.0689. The minimum Gasteiger partial charge on any atom is -0.380 e. The summed E-state index contributed by atoms with van der Waals surface area (Å²) in [6.45, 7) is 3.31. The Labute approximate surface area is 97.3 Å². The highest BCUT2D eigenvalue weighted by Gasteiger charge is 2.20. The van der Waals surface area contributed by atoms with E-state index in [0.29, 0.717) is 12.5 Å². The molecule has 16 heavy (non-hydrogen) atoms. The summed E-state index contributed by atoms with van der Waals surface area (Å²) in [5, 5.41) is 0. The van der Waals surface area contributed by atoms with Gasteiger partial charge in [-0.15, -0.1) is 0 Å². The summed E-state index contributed by atoms with van der Waals surface area (Å²) >= 11 is 0. The second-order valence-corrected chi connectivity index (χ2v) is 4.33. The lowest BCUT2D eigenvalue weighted by atomic mass is 10.2. The predicted octanol–water partition coefficient (Wildman–Crippen LogP) is 0.257. The van der Waals surface area contributed by atoms with Crippen molar-refractivity contribution in [2.24, 2.45) is 5.84 Å². The Kier molecular flexibility index (Phi) is 6.37. The van der Waals surface area contributed by atoms with Gasteiger partial charge in [0.1, 0.15) is 0 Å². The van der Waals surface area contributed by atoms with Crippen LogP contribution in [0.5, 0.6) is 0 Å². The molecule has 1 amide bonds. The molecule has 0 aromatic rings. The molecule has 1 heterocycles. The van der Waals surface area contributed by atoms with E-state index in [1.165, 1.54) is 0 Å². The lowest BCUT2D eigenvalue weighted by Crippen LogP contribution is -2.29. The maximum atomic E-state index is 10.8. The molecular formula is C11H23N3O2. The third kappa shape index (κ3) is 4.92. The normalized spacial score (nSPS) is 21.2. The summed E-state index contributed by atoms with van der Waals surface area (Å²) in [4.78, 5) is 13.3. The number of hydrazine groups is 1. The second-order valence-electron chi connectivity index (χ2n) is 4.33. The van der Waals surface area contributed by atoms with Crippen molar-refractivity contribution >= 4 is 5.91 Å². The van der Waals surface area contributed by atoms with E-state index in [1.54, 1.807) is 7.11 Å². The van der Waals surface area contributed by atoms with Gasteiger partial charge in [0.2, 0.25) is 5.91 Å². The molecule has 1 fully saturated rings. The third-order valence-electron chi connectivity index (χ3n) is 3.10. The Morgan fingerprint density at radius 3 is 2.94 bits per heavy atom.